The normalized spacial score (nSPS) is 12.0. The highest BCUT2D eigenvalue weighted by Gasteiger charge is 2.23. The van der Waals surface area contributed by atoms with Crippen LogP contribution in [-0.2, 0) is 0 Å². The van der Waals surface area contributed by atoms with Crippen molar-refractivity contribution >= 4 is 11.8 Å². The van der Waals surface area contributed by atoms with Gasteiger partial charge in [0.1, 0.15) is 11.5 Å². The number of ether oxygens (including phenoxy) is 2. The second-order valence-electron chi connectivity index (χ2n) is 4.42. The van der Waals surface area contributed by atoms with E-state index in [-0.39, 0.29) is 6.04 Å². The molecular weight excluding hydrogens is 284 g/mol. The van der Waals surface area contributed by atoms with Gasteiger partial charge in [-0.2, -0.15) is 0 Å². The van der Waals surface area contributed by atoms with Crippen molar-refractivity contribution < 1.29 is 9.47 Å². The van der Waals surface area contributed by atoms with Gasteiger partial charge in [-0.1, -0.05) is 24.3 Å². The lowest BCUT2D eigenvalue weighted by Crippen LogP contribution is -2.30. The number of thioether (sulfide) groups is 1. The van der Waals surface area contributed by atoms with Gasteiger partial charge in [-0.25, -0.2) is 5.43 Å². The van der Waals surface area contributed by atoms with Crippen LogP contribution in [0.4, 0.5) is 0 Å². The quantitative estimate of drug-likeness (QED) is 0.488. The van der Waals surface area contributed by atoms with E-state index < -0.39 is 0 Å². The van der Waals surface area contributed by atoms with Crippen molar-refractivity contribution in [1.82, 2.24) is 5.43 Å². The third-order valence-corrected chi connectivity index (χ3v) is 4.18. The Balaban J connectivity index is 2.61. The highest BCUT2D eigenvalue weighted by atomic mass is 32.2. The summed E-state index contributed by atoms with van der Waals surface area (Å²) in [5, 5.41) is 0. The molecule has 2 rings (SSSR count). The van der Waals surface area contributed by atoms with Gasteiger partial charge in [0.2, 0.25) is 0 Å². The minimum absolute atomic E-state index is 0.209. The van der Waals surface area contributed by atoms with Crippen LogP contribution in [0.15, 0.2) is 47.4 Å². The maximum atomic E-state index is 5.84. The molecule has 4 nitrogen and oxygen atoms in total. The highest BCUT2D eigenvalue weighted by Crippen LogP contribution is 2.39. The van der Waals surface area contributed by atoms with Crippen LogP contribution in [0.5, 0.6) is 11.5 Å². The lowest BCUT2D eigenvalue weighted by Gasteiger charge is -2.23. The maximum absolute atomic E-state index is 5.84. The molecule has 1 unspecified atom stereocenters. The molecule has 0 saturated carbocycles. The fourth-order valence-corrected chi connectivity index (χ4v) is 3.03. The number of benzene rings is 2. The SMILES string of the molecule is COc1cccc(OC)c1C(NN)c1ccccc1SC. The van der Waals surface area contributed by atoms with Crippen LogP contribution in [0.25, 0.3) is 0 Å². The summed E-state index contributed by atoms with van der Waals surface area (Å²) in [6, 6.07) is 13.7. The number of nitrogens with one attached hydrogen (secondary N) is 1. The molecule has 2 aromatic rings. The Kier molecular flexibility index (Phi) is 5.50. The van der Waals surface area contributed by atoms with E-state index in [9.17, 15) is 0 Å². The third-order valence-electron chi connectivity index (χ3n) is 3.37. The van der Waals surface area contributed by atoms with Gasteiger partial charge in [-0.15, -0.1) is 11.8 Å². The van der Waals surface area contributed by atoms with Crippen LogP contribution in [0.2, 0.25) is 0 Å². The lowest BCUT2D eigenvalue weighted by atomic mass is 9.97. The van der Waals surface area contributed by atoms with Gasteiger partial charge in [0.05, 0.1) is 25.8 Å². The number of methoxy groups -OCH3 is 2. The summed E-state index contributed by atoms with van der Waals surface area (Å²) < 4.78 is 11.0. The van der Waals surface area contributed by atoms with E-state index in [1.54, 1.807) is 26.0 Å². The van der Waals surface area contributed by atoms with E-state index in [0.29, 0.717) is 0 Å². The fraction of sp³-hybridized carbons (Fsp3) is 0.250. The fourth-order valence-electron chi connectivity index (χ4n) is 2.40. The molecule has 112 valence electrons. The molecule has 0 bridgehead atoms. The number of hydrazine groups is 1. The van der Waals surface area contributed by atoms with Crippen molar-refractivity contribution in [2.45, 2.75) is 10.9 Å². The van der Waals surface area contributed by atoms with Crippen LogP contribution in [0.1, 0.15) is 17.2 Å². The van der Waals surface area contributed by atoms with Crippen molar-refractivity contribution in [3.05, 3.63) is 53.6 Å². The standard InChI is InChI=1S/C16H20N2O2S/c1-19-12-8-6-9-13(20-2)15(12)16(18-17)11-7-4-5-10-14(11)21-3/h4-10,16,18H,17H2,1-3H3. The average Bonchev–Trinajstić information content (AvgIpc) is 2.56. The third kappa shape index (κ3) is 3.15. The molecule has 0 aliphatic carbocycles. The molecule has 5 heteroatoms. The predicted molar refractivity (Wildman–Crippen MR) is 86.9 cm³/mol. The Bertz CT molecular complexity index is 582. The topological polar surface area (TPSA) is 56.5 Å². The Morgan fingerprint density at radius 2 is 1.62 bits per heavy atom. The first-order chi connectivity index (χ1) is 10.3. The summed E-state index contributed by atoms with van der Waals surface area (Å²) in [6.45, 7) is 0. The van der Waals surface area contributed by atoms with Gasteiger partial charge >= 0.3 is 0 Å². The molecule has 1 atom stereocenters. The van der Waals surface area contributed by atoms with E-state index in [2.05, 4.69) is 17.6 Å². The highest BCUT2D eigenvalue weighted by molar-refractivity contribution is 7.98. The average molecular weight is 304 g/mol. The zero-order valence-corrected chi connectivity index (χ0v) is 13.2. The van der Waals surface area contributed by atoms with Crippen LogP contribution >= 0.6 is 11.8 Å². The second-order valence-corrected chi connectivity index (χ2v) is 5.27. The first-order valence-corrected chi connectivity index (χ1v) is 7.79. The van der Waals surface area contributed by atoms with Crippen molar-refractivity contribution in [2.75, 3.05) is 20.5 Å². The smallest absolute Gasteiger partial charge is 0.127 e. The number of rotatable bonds is 6. The second kappa shape index (κ2) is 7.36. The molecule has 3 N–H and O–H groups in total. The Hall–Kier alpha value is -1.69. The summed E-state index contributed by atoms with van der Waals surface area (Å²) >= 11 is 1.68. The summed E-state index contributed by atoms with van der Waals surface area (Å²) in [5.74, 6) is 7.32. The summed E-state index contributed by atoms with van der Waals surface area (Å²) in [5.41, 5.74) is 4.87. The van der Waals surface area contributed by atoms with Crippen molar-refractivity contribution in [2.24, 2.45) is 5.84 Å². The molecule has 0 fully saturated rings. The molecular formula is C16H20N2O2S. The minimum atomic E-state index is -0.209. The zero-order valence-electron chi connectivity index (χ0n) is 12.4. The first-order valence-electron chi connectivity index (χ1n) is 6.56. The summed E-state index contributed by atoms with van der Waals surface area (Å²) in [7, 11) is 3.29. The molecule has 0 amide bonds. The summed E-state index contributed by atoms with van der Waals surface area (Å²) in [6.07, 6.45) is 2.05. The maximum Gasteiger partial charge on any atom is 0.127 e. The van der Waals surface area contributed by atoms with E-state index in [4.69, 9.17) is 15.3 Å². The zero-order chi connectivity index (χ0) is 15.2. The molecule has 0 spiro atoms. The van der Waals surface area contributed by atoms with E-state index >= 15 is 0 Å². The lowest BCUT2D eigenvalue weighted by molar-refractivity contribution is 0.377. The predicted octanol–water partition coefficient (Wildman–Crippen LogP) is 2.98. The molecule has 2 aromatic carbocycles. The van der Waals surface area contributed by atoms with E-state index in [1.165, 1.54) is 0 Å². The Labute approximate surface area is 129 Å². The van der Waals surface area contributed by atoms with Gasteiger partial charge in [0, 0.05) is 4.90 Å². The molecule has 21 heavy (non-hydrogen) atoms. The van der Waals surface area contributed by atoms with E-state index in [1.807, 2.05) is 36.6 Å². The molecule has 0 aliphatic heterocycles. The van der Waals surface area contributed by atoms with Gasteiger partial charge in [0.25, 0.3) is 0 Å². The van der Waals surface area contributed by atoms with Crippen molar-refractivity contribution in [1.29, 1.82) is 0 Å². The Morgan fingerprint density at radius 3 is 2.14 bits per heavy atom. The molecule has 0 aromatic heterocycles. The Morgan fingerprint density at radius 1 is 1.00 bits per heavy atom. The van der Waals surface area contributed by atoms with Crippen LogP contribution in [0.3, 0.4) is 0 Å². The van der Waals surface area contributed by atoms with Crippen molar-refractivity contribution in [3.8, 4) is 11.5 Å². The number of nitrogens with two attached hydrogens (primary N) is 1. The molecule has 0 heterocycles. The first kappa shape index (κ1) is 15.7. The van der Waals surface area contributed by atoms with Crippen LogP contribution in [-0.4, -0.2) is 20.5 Å². The van der Waals surface area contributed by atoms with E-state index in [0.717, 1.165) is 27.5 Å². The molecule has 0 radical (unpaired) electrons. The monoisotopic (exact) mass is 304 g/mol. The molecule has 0 aliphatic rings. The van der Waals surface area contributed by atoms with Crippen LogP contribution in [0, 0.1) is 0 Å². The van der Waals surface area contributed by atoms with Gasteiger partial charge < -0.3 is 9.47 Å². The van der Waals surface area contributed by atoms with Crippen molar-refractivity contribution in [3.63, 3.8) is 0 Å². The minimum Gasteiger partial charge on any atom is -0.496 e. The molecule has 0 saturated heterocycles. The van der Waals surface area contributed by atoms with Gasteiger partial charge in [0.15, 0.2) is 0 Å². The van der Waals surface area contributed by atoms with Gasteiger partial charge in [-0.3, -0.25) is 5.84 Å². The van der Waals surface area contributed by atoms with Gasteiger partial charge in [-0.05, 0) is 30.0 Å². The summed E-state index contributed by atoms with van der Waals surface area (Å²) in [4.78, 5) is 1.16. The van der Waals surface area contributed by atoms with Crippen LogP contribution < -0.4 is 20.7 Å². The number of hydrogen-bond acceptors (Lipinski definition) is 5. The number of hydrogen-bond donors (Lipinski definition) is 2. The largest absolute Gasteiger partial charge is 0.496 e.